The smallest absolute Gasteiger partial charge is 0.211 e. The lowest BCUT2D eigenvalue weighted by atomic mass is 10.0. The van der Waals surface area contributed by atoms with Gasteiger partial charge >= 0.3 is 0 Å². The highest BCUT2D eigenvalue weighted by molar-refractivity contribution is 7.89. The SMILES string of the molecule is O=S(=O)(CC1CCCNC1)NCCc1ccc(F)cc1. The van der Waals surface area contributed by atoms with Crippen molar-refractivity contribution in [1.29, 1.82) is 0 Å². The minimum absolute atomic E-state index is 0.184. The molecule has 4 nitrogen and oxygen atoms in total. The molecule has 0 bridgehead atoms. The van der Waals surface area contributed by atoms with E-state index in [4.69, 9.17) is 0 Å². The van der Waals surface area contributed by atoms with Crippen LogP contribution in [0.15, 0.2) is 24.3 Å². The first kappa shape index (κ1) is 15.4. The van der Waals surface area contributed by atoms with Crippen LogP contribution in [0.4, 0.5) is 4.39 Å². The number of piperidine rings is 1. The van der Waals surface area contributed by atoms with Crippen molar-refractivity contribution in [2.24, 2.45) is 5.92 Å². The van der Waals surface area contributed by atoms with Crippen LogP contribution in [-0.2, 0) is 16.4 Å². The summed E-state index contributed by atoms with van der Waals surface area (Å²) < 4.78 is 39.2. The Labute approximate surface area is 119 Å². The molecule has 6 heteroatoms. The van der Waals surface area contributed by atoms with E-state index in [0.29, 0.717) is 13.0 Å². The molecule has 0 aliphatic carbocycles. The molecule has 1 unspecified atom stereocenters. The van der Waals surface area contributed by atoms with Gasteiger partial charge in [-0.1, -0.05) is 12.1 Å². The highest BCUT2D eigenvalue weighted by atomic mass is 32.2. The predicted octanol–water partition coefficient (Wildman–Crippen LogP) is 1.29. The van der Waals surface area contributed by atoms with Gasteiger partial charge in [0.1, 0.15) is 5.82 Å². The Morgan fingerprint density at radius 1 is 1.30 bits per heavy atom. The third-order valence-electron chi connectivity index (χ3n) is 3.50. The van der Waals surface area contributed by atoms with Crippen LogP contribution in [0.1, 0.15) is 18.4 Å². The van der Waals surface area contributed by atoms with Crippen LogP contribution in [0, 0.1) is 11.7 Å². The molecular weight excluding hydrogens is 279 g/mol. The van der Waals surface area contributed by atoms with Crippen molar-refractivity contribution in [2.75, 3.05) is 25.4 Å². The second-order valence-electron chi connectivity index (χ2n) is 5.26. The van der Waals surface area contributed by atoms with Crippen LogP contribution in [0.25, 0.3) is 0 Å². The molecule has 1 aromatic rings. The van der Waals surface area contributed by atoms with Crippen molar-refractivity contribution < 1.29 is 12.8 Å². The quantitative estimate of drug-likeness (QED) is 0.832. The van der Waals surface area contributed by atoms with Gasteiger partial charge in [-0.3, -0.25) is 0 Å². The monoisotopic (exact) mass is 300 g/mol. The first-order chi connectivity index (χ1) is 9.55. The Kier molecular flexibility index (Phi) is 5.51. The molecule has 0 amide bonds. The summed E-state index contributed by atoms with van der Waals surface area (Å²) in [4.78, 5) is 0. The average Bonchev–Trinajstić information content (AvgIpc) is 2.41. The zero-order valence-corrected chi connectivity index (χ0v) is 12.3. The Morgan fingerprint density at radius 2 is 2.05 bits per heavy atom. The zero-order valence-electron chi connectivity index (χ0n) is 11.4. The van der Waals surface area contributed by atoms with Crippen molar-refractivity contribution >= 4 is 10.0 Å². The first-order valence-electron chi connectivity index (χ1n) is 6.98. The lowest BCUT2D eigenvalue weighted by molar-refractivity contribution is 0.403. The maximum absolute atomic E-state index is 12.7. The normalized spacial score (nSPS) is 19.9. The van der Waals surface area contributed by atoms with Gasteiger partial charge in [0.25, 0.3) is 0 Å². The van der Waals surface area contributed by atoms with E-state index >= 15 is 0 Å². The lowest BCUT2D eigenvalue weighted by Crippen LogP contribution is -2.38. The Hall–Kier alpha value is -0.980. The van der Waals surface area contributed by atoms with Crippen LogP contribution < -0.4 is 10.0 Å². The Bertz CT molecular complexity index is 510. The molecule has 1 atom stereocenters. The molecule has 112 valence electrons. The average molecular weight is 300 g/mol. The fraction of sp³-hybridized carbons (Fsp3) is 0.571. The van der Waals surface area contributed by atoms with Gasteiger partial charge in [0.15, 0.2) is 0 Å². The molecule has 1 aliphatic rings. The number of rotatable bonds is 6. The van der Waals surface area contributed by atoms with Gasteiger partial charge in [-0.05, 0) is 56.0 Å². The van der Waals surface area contributed by atoms with E-state index in [-0.39, 0.29) is 17.5 Å². The van der Waals surface area contributed by atoms with E-state index < -0.39 is 10.0 Å². The number of halogens is 1. The molecule has 1 aromatic carbocycles. The topological polar surface area (TPSA) is 58.2 Å². The summed E-state index contributed by atoms with van der Waals surface area (Å²) in [7, 11) is -3.22. The van der Waals surface area contributed by atoms with E-state index in [1.165, 1.54) is 12.1 Å². The Morgan fingerprint density at radius 3 is 2.70 bits per heavy atom. The molecule has 1 saturated heterocycles. The minimum Gasteiger partial charge on any atom is -0.316 e. The van der Waals surface area contributed by atoms with Gasteiger partial charge in [-0.2, -0.15) is 0 Å². The number of sulfonamides is 1. The van der Waals surface area contributed by atoms with Crippen molar-refractivity contribution in [3.05, 3.63) is 35.6 Å². The van der Waals surface area contributed by atoms with Crippen LogP contribution in [-0.4, -0.2) is 33.8 Å². The largest absolute Gasteiger partial charge is 0.316 e. The van der Waals surface area contributed by atoms with E-state index in [2.05, 4.69) is 10.0 Å². The Balaban J connectivity index is 1.75. The highest BCUT2D eigenvalue weighted by Crippen LogP contribution is 2.12. The summed E-state index contributed by atoms with van der Waals surface area (Å²) in [6.07, 6.45) is 2.57. The van der Waals surface area contributed by atoms with Gasteiger partial charge in [-0.25, -0.2) is 17.5 Å². The summed E-state index contributed by atoms with van der Waals surface area (Å²) >= 11 is 0. The molecule has 1 heterocycles. The fourth-order valence-electron chi connectivity index (χ4n) is 2.44. The summed E-state index contributed by atoms with van der Waals surface area (Å²) in [5.41, 5.74) is 0.924. The van der Waals surface area contributed by atoms with Gasteiger partial charge in [-0.15, -0.1) is 0 Å². The van der Waals surface area contributed by atoms with E-state index in [1.54, 1.807) is 12.1 Å². The van der Waals surface area contributed by atoms with Crippen LogP contribution in [0.5, 0.6) is 0 Å². The van der Waals surface area contributed by atoms with Crippen molar-refractivity contribution in [1.82, 2.24) is 10.0 Å². The van der Waals surface area contributed by atoms with Crippen LogP contribution in [0.2, 0.25) is 0 Å². The second kappa shape index (κ2) is 7.15. The highest BCUT2D eigenvalue weighted by Gasteiger charge is 2.20. The number of nitrogens with one attached hydrogen (secondary N) is 2. The fourth-order valence-corrected chi connectivity index (χ4v) is 3.87. The van der Waals surface area contributed by atoms with Gasteiger partial charge in [0.2, 0.25) is 10.0 Å². The first-order valence-corrected chi connectivity index (χ1v) is 8.63. The predicted molar refractivity (Wildman–Crippen MR) is 77.5 cm³/mol. The van der Waals surface area contributed by atoms with Crippen molar-refractivity contribution in [3.8, 4) is 0 Å². The van der Waals surface area contributed by atoms with Gasteiger partial charge in [0, 0.05) is 6.54 Å². The molecular formula is C14H21FN2O2S. The summed E-state index contributed by atoms with van der Waals surface area (Å²) in [5.74, 6) is 0.106. The van der Waals surface area contributed by atoms with Crippen LogP contribution >= 0.6 is 0 Å². The third kappa shape index (κ3) is 5.19. The molecule has 0 saturated carbocycles. The second-order valence-corrected chi connectivity index (χ2v) is 7.12. The number of hydrogen-bond acceptors (Lipinski definition) is 3. The van der Waals surface area contributed by atoms with Crippen LogP contribution in [0.3, 0.4) is 0 Å². The number of hydrogen-bond donors (Lipinski definition) is 2. The maximum Gasteiger partial charge on any atom is 0.211 e. The third-order valence-corrected chi connectivity index (χ3v) is 5.06. The minimum atomic E-state index is -3.22. The van der Waals surface area contributed by atoms with E-state index in [0.717, 1.165) is 31.5 Å². The molecule has 0 radical (unpaired) electrons. The molecule has 2 N–H and O–H groups in total. The molecule has 1 aliphatic heterocycles. The molecule has 20 heavy (non-hydrogen) atoms. The van der Waals surface area contributed by atoms with Crippen molar-refractivity contribution in [2.45, 2.75) is 19.3 Å². The number of benzene rings is 1. The lowest BCUT2D eigenvalue weighted by Gasteiger charge is -2.22. The summed E-state index contributed by atoms with van der Waals surface area (Å²) in [6, 6.07) is 6.12. The molecule has 0 aromatic heterocycles. The summed E-state index contributed by atoms with van der Waals surface area (Å²) in [5, 5.41) is 3.22. The maximum atomic E-state index is 12.7. The molecule has 2 rings (SSSR count). The summed E-state index contributed by atoms with van der Waals surface area (Å²) in [6.45, 7) is 2.11. The molecule has 0 spiro atoms. The van der Waals surface area contributed by atoms with E-state index in [9.17, 15) is 12.8 Å². The van der Waals surface area contributed by atoms with Gasteiger partial charge in [0.05, 0.1) is 5.75 Å². The zero-order chi connectivity index (χ0) is 14.4. The molecule has 1 fully saturated rings. The van der Waals surface area contributed by atoms with E-state index in [1.807, 2.05) is 0 Å². The van der Waals surface area contributed by atoms with Gasteiger partial charge < -0.3 is 5.32 Å². The van der Waals surface area contributed by atoms with Crippen molar-refractivity contribution in [3.63, 3.8) is 0 Å². The standard InChI is InChI=1S/C14H21FN2O2S/c15-14-5-3-12(4-6-14)7-9-17-20(18,19)11-13-2-1-8-16-10-13/h3-6,13,16-17H,1-2,7-11H2.